The lowest BCUT2D eigenvalue weighted by Gasteiger charge is -2.23. The Balaban J connectivity index is 3.61. The average molecular weight is 654 g/mol. The Hall–Kier alpha value is -0.650. The van der Waals surface area contributed by atoms with Gasteiger partial charge in [-0.15, -0.1) is 0 Å². The van der Waals surface area contributed by atoms with Crippen LogP contribution in [0.2, 0.25) is 0 Å². The fourth-order valence-electron chi connectivity index (χ4n) is 6.66. The highest BCUT2D eigenvalue weighted by Crippen LogP contribution is 2.16. The number of carbonyl (C=O) groups excluding carboxylic acids is 1. The zero-order valence-electron chi connectivity index (χ0n) is 31.2. The van der Waals surface area contributed by atoms with Gasteiger partial charge in [0.05, 0.1) is 18.8 Å². The summed E-state index contributed by atoms with van der Waals surface area (Å²) in [6.07, 6.45) is 40.9. The summed E-state index contributed by atoms with van der Waals surface area (Å²) in [6.45, 7) is 4.24. The van der Waals surface area contributed by atoms with E-state index in [0.717, 1.165) is 32.1 Å². The van der Waals surface area contributed by atoms with Crippen molar-refractivity contribution in [3.8, 4) is 0 Å². The van der Waals surface area contributed by atoms with E-state index in [-0.39, 0.29) is 6.61 Å². The second kappa shape index (κ2) is 37.2. The number of unbranched alkanes of at least 4 members (excludes halogenated alkanes) is 30. The highest BCUT2D eigenvalue weighted by atomic mass is 16.3. The van der Waals surface area contributed by atoms with Crippen molar-refractivity contribution in [3.63, 3.8) is 0 Å². The minimum absolute atomic E-state index is 0.308. The summed E-state index contributed by atoms with van der Waals surface area (Å²) in [6, 6.07) is -0.704. The molecule has 4 N–H and O–H groups in total. The van der Waals surface area contributed by atoms with Crippen molar-refractivity contribution in [2.45, 2.75) is 250 Å². The lowest BCUT2D eigenvalue weighted by atomic mass is 10.0. The molecule has 5 nitrogen and oxygen atoms in total. The van der Waals surface area contributed by atoms with Gasteiger partial charge in [-0.05, 0) is 12.8 Å². The molecule has 0 bridgehead atoms. The smallest absolute Gasteiger partial charge is 0.249 e. The predicted octanol–water partition coefficient (Wildman–Crippen LogP) is 11.5. The van der Waals surface area contributed by atoms with Crippen LogP contribution in [0.1, 0.15) is 232 Å². The molecule has 3 unspecified atom stereocenters. The van der Waals surface area contributed by atoms with Crippen LogP contribution < -0.4 is 5.32 Å². The van der Waals surface area contributed by atoms with Crippen LogP contribution in [-0.2, 0) is 4.79 Å². The van der Waals surface area contributed by atoms with Gasteiger partial charge >= 0.3 is 0 Å². The van der Waals surface area contributed by atoms with Crippen LogP contribution in [0.4, 0.5) is 0 Å². The van der Waals surface area contributed by atoms with Gasteiger partial charge in [0, 0.05) is 0 Å². The number of rotatable bonds is 38. The topological polar surface area (TPSA) is 89.8 Å². The molecular formula is C41H83NO4. The van der Waals surface area contributed by atoms with Crippen molar-refractivity contribution < 1.29 is 20.1 Å². The van der Waals surface area contributed by atoms with E-state index in [0.29, 0.717) is 12.8 Å². The zero-order valence-corrected chi connectivity index (χ0v) is 31.2. The number of amides is 1. The highest BCUT2D eigenvalue weighted by Gasteiger charge is 2.23. The highest BCUT2D eigenvalue weighted by molar-refractivity contribution is 5.80. The molecular weight excluding hydrogens is 570 g/mol. The molecule has 0 aliphatic carbocycles. The van der Waals surface area contributed by atoms with E-state index in [9.17, 15) is 20.1 Å². The molecule has 276 valence electrons. The van der Waals surface area contributed by atoms with Crippen molar-refractivity contribution in [1.82, 2.24) is 5.32 Å². The van der Waals surface area contributed by atoms with Crippen molar-refractivity contribution in [3.05, 3.63) is 0 Å². The quantitative estimate of drug-likeness (QED) is 0.0499. The first-order valence-corrected chi connectivity index (χ1v) is 20.8. The van der Waals surface area contributed by atoms with Gasteiger partial charge in [0.15, 0.2) is 0 Å². The minimum atomic E-state index is -1.07. The molecule has 5 heteroatoms. The van der Waals surface area contributed by atoms with Gasteiger partial charge in [-0.25, -0.2) is 0 Å². The van der Waals surface area contributed by atoms with Gasteiger partial charge in [-0.1, -0.05) is 219 Å². The van der Waals surface area contributed by atoms with Gasteiger partial charge in [0.2, 0.25) is 5.91 Å². The molecule has 0 radical (unpaired) electrons. The Morgan fingerprint density at radius 3 is 0.978 bits per heavy atom. The molecule has 0 rings (SSSR count). The normalized spacial score (nSPS) is 13.6. The molecule has 0 aromatic carbocycles. The van der Waals surface area contributed by atoms with E-state index >= 15 is 0 Å². The first-order valence-electron chi connectivity index (χ1n) is 20.8. The van der Waals surface area contributed by atoms with E-state index < -0.39 is 24.2 Å². The van der Waals surface area contributed by atoms with Crippen LogP contribution in [0, 0.1) is 0 Å². The summed E-state index contributed by atoms with van der Waals surface area (Å²) in [4.78, 5) is 12.4. The second-order valence-corrected chi connectivity index (χ2v) is 14.6. The lowest BCUT2D eigenvalue weighted by Crippen LogP contribution is -2.49. The van der Waals surface area contributed by atoms with E-state index in [2.05, 4.69) is 19.2 Å². The average Bonchev–Trinajstić information content (AvgIpc) is 3.06. The first-order chi connectivity index (χ1) is 22.6. The Morgan fingerprint density at radius 2 is 0.696 bits per heavy atom. The molecule has 0 spiro atoms. The number of nitrogens with one attached hydrogen (secondary N) is 1. The monoisotopic (exact) mass is 654 g/mol. The van der Waals surface area contributed by atoms with Crippen LogP contribution >= 0.6 is 0 Å². The minimum Gasteiger partial charge on any atom is -0.394 e. The predicted molar refractivity (Wildman–Crippen MR) is 199 cm³/mol. The summed E-state index contributed by atoms with van der Waals surface area (Å²) in [5, 5.41) is 33.2. The van der Waals surface area contributed by atoms with Crippen LogP contribution in [0.3, 0.4) is 0 Å². The Labute approximate surface area is 287 Å². The van der Waals surface area contributed by atoms with E-state index in [4.69, 9.17) is 0 Å². The van der Waals surface area contributed by atoms with Crippen molar-refractivity contribution in [2.24, 2.45) is 0 Å². The Morgan fingerprint density at radius 1 is 0.435 bits per heavy atom. The summed E-state index contributed by atoms with van der Waals surface area (Å²) >= 11 is 0. The first kappa shape index (κ1) is 45.3. The van der Waals surface area contributed by atoms with Gasteiger partial charge in [0.25, 0.3) is 0 Å². The summed E-state index contributed by atoms with van der Waals surface area (Å²) in [5.74, 6) is -0.467. The number of hydrogen-bond donors (Lipinski definition) is 4. The van der Waals surface area contributed by atoms with Crippen LogP contribution in [0.5, 0.6) is 0 Å². The zero-order chi connectivity index (χ0) is 33.8. The van der Waals surface area contributed by atoms with Gasteiger partial charge in [-0.2, -0.15) is 0 Å². The number of hydrogen-bond acceptors (Lipinski definition) is 4. The van der Waals surface area contributed by atoms with Crippen LogP contribution in [0.25, 0.3) is 0 Å². The molecule has 3 atom stereocenters. The molecule has 46 heavy (non-hydrogen) atoms. The molecule has 0 saturated carbocycles. The molecule has 0 heterocycles. The fourth-order valence-corrected chi connectivity index (χ4v) is 6.66. The maximum Gasteiger partial charge on any atom is 0.249 e. The Kier molecular flexibility index (Phi) is 36.6. The third-order valence-corrected chi connectivity index (χ3v) is 9.98. The van der Waals surface area contributed by atoms with Crippen molar-refractivity contribution in [2.75, 3.05) is 6.61 Å². The molecule has 1 amide bonds. The largest absolute Gasteiger partial charge is 0.394 e. The van der Waals surface area contributed by atoms with E-state index in [1.54, 1.807) is 0 Å². The summed E-state index contributed by atoms with van der Waals surface area (Å²) in [5.41, 5.74) is 0. The molecule has 0 aliphatic heterocycles. The van der Waals surface area contributed by atoms with Crippen molar-refractivity contribution in [1.29, 1.82) is 0 Å². The fraction of sp³-hybridized carbons (Fsp3) is 0.976. The maximum absolute atomic E-state index is 12.4. The second-order valence-electron chi connectivity index (χ2n) is 14.6. The van der Waals surface area contributed by atoms with Crippen LogP contribution in [-0.4, -0.2) is 46.1 Å². The van der Waals surface area contributed by atoms with Gasteiger partial charge < -0.3 is 20.6 Å². The molecule has 0 fully saturated rings. The maximum atomic E-state index is 12.4. The number of carbonyl (C=O) groups is 1. The molecule has 0 aromatic rings. The SMILES string of the molecule is CCCCCCCCCCCCCCCCCCCC(O)C(=O)NC(CO)C(O)CCCCCCCCCCCCCCCCC. The van der Waals surface area contributed by atoms with Crippen LogP contribution in [0.15, 0.2) is 0 Å². The Bertz CT molecular complexity index is 601. The van der Waals surface area contributed by atoms with Gasteiger partial charge in [0.1, 0.15) is 6.10 Å². The van der Waals surface area contributed by atoms with E-state index in [1.807, 2.05) is 0 Å². The summed E-state index contributed by atoms with van der Waals surface area (Å²) in [7, 11) is 0. The molecule has 0 aliphatic rings. The standard InChI is InChI=1S/C41H83NO4/c1-3-5-7-9-11-13-15-17-19-20-22-24-26-28-30-32-34-36-40(45)41(46)42-38(37-43)39(44)35-33-31-29-27-25-23-21-18-16-14-12-10-8-6-4-2/h38-40,43-45H,3-37H2,1-2H3,(H,42,46). The molecule has 0 saturated heterocycles. The lowest BCUT2D eigenvalue weighted by molar-refractivity contribution is -0.131. The third kappa shape index (κ3) is 31.9. The summed E-state index contributed by atoms with van der Waals surface area (Å²) < 4.78 is 0. The van der Waals surface area contributed by atoms with Gasteiger partial charge in [-0.3, -0.25) is 4.79 Å². The van der Waals surface area contributed by atoms with E-state index in [1.165, 1.54) is 173 Å². The molecule has 0 aromatic heterocycles. The number of aliphatic hydroxyl groups is 3. The third-order valence-electron chi connectivity index (χ3n) is 9.98. The van der Waals surface area contributed by atoms with Crippen molar-refractivity contribution >= 4 is 5.91 Å². The number of aliphatic hydroxyl groups excluding tert-OH is 3.